The number of aliphatic hydroxyl groups excluding tert-OH is 2. The Labute approximate surface area is 294 Å². The van der Waals surface area contributed by atoms with Gasteiger partial charge in [0.05, 0.1) is 36.6 Å². The second-order valence-electron chi connectivity index (χ2n) is 13.5. The minimum absolute atomic E-state index is 0.118. The van der Waals surface area contributed by atoms with Crippen molar-refractivity contribution in [3.63, 3.8) is 0 Å². The largest absolute Gasteiger partial charge is 0.395 e. The van der Waals surface area contributed by atoms with Crippen LogP contribution in [-0.4, -0.2) is 64.2 Å². The van der Waals surface area contributed by atoms with Crippen molar-refractivity contribution >= 4 is 47.5 Å². The van der Waals surface area contributed by atoms with Gasteiger partial charge in [0.1, 0.15) is 6.10 Å². The second-order valence-corrected chi connectivity index (χ2v) is 18.2. The maximum absolute atomic E-state index is 16.3. The van der Waals surface area contributed by atoms with Crippen molar-refractivity contribution in [1.29, 1.82) is 0 Å². The number of aromatic nitrogens is 3. The van der Waals surface area contributed by atoms with E-state index in [1.807, 2.05) is 67.7 Å². The third-order valence-corrected chi connectivity index (χ3v) is 12.7. The van der Waals surface area contributed by atoms with Crippen LogP contribution in [0.1, 0.15) is 48.6 Å². The number of fused-ring (bicyclic) bond motifs is 2. The van der Waals surface area contributed by atoms with Crippen molar-refractivity contribution in [2.75, 3.05) is 16.8 Å². The van der Waals surface area contributed by atoms with E-state index in [9.17, 15) is 19.8 Å². The molecule has 1 saturated heterocycles. The lowest BCUT2D eigenvalue weighted by atomic mass is 9.82. The maximum Gasteiger partial charge on any atom is 0.264 e. The number of ether oxygens (including phenoxy) is 1. The van der Waals surface area contributed by atoms with Crippen LogP contribution in [-0.2, 0) is 33.0 Å². The number of carbonyl (C=O) groups is 2. The molecule has 3 N–H and O–H groups in total. The van der Waals surface area contributed by atoms with Crippen LogP contribution in [0.15, 0.2) is 83.5 Å². The first-order valence-electron chi connectivity index (χ1n) is 16.5. The van der Waals surface area contributed by atoms with Gasteiger partial charge >= 0.3 is 0 Å². The van der Waals surface area contributed by atoms with Crippen LogP contribution in [0.25, 0.3) is 0 Å². The van der Waals surface area contributed by atoms with E-state index in [0.29, 0.717) is 35.6 Å². The van der Waals surface area contributed by atoms with E-state index in [4.69, 9.17) is 4.74 Å². The summed E-state index contributed by atoms with van der Waals surface area (Å²) in [6.45, 7) is 7.14. The van der Waals surface area contributed by atoms with Gasteiger partial charge in [-0.1, -0.05) is 70.5 Å². The summed E-state index contributed by atoms with van der Waals surface area (Å²) in [6.07, 6.45) is 0.489. The molecule has 6 rings (SSSR count). The topological polar surface area (TPSA) is 130 Å². The lowest BCUT2D eigenvalue weighted by molar-refractivity contribution is -0.146. The van der Waals surface area contributed by atoms with E-state index in [1.54, 1.807) is 40.9 Å². The van der Waals surface area contributed by atoms with E-state index < -0.39 is 43.6 Å². The predicted molar refractivity (Wildman–Crippen MR) is 190 cm³/mol. The average molecular weight is 751 g/mol. The van der Waals surface area contributed by atoms with Crippen LogP contribution in [0.4, 0.5) is 15.5 Å². The fourth-order valence-corrected chi connectivity index (χ4v) is 10.4. The Hall–Kier alpha value is -3.75. The SMILES string of the molecule is C[C@H](O)C(=O)Nc1cccc(CN2C(=O)[C@@]3(O[C@@H](CCn4cc(C(CO)c5ccccc5)nn4)[C@H]([Si](C)(C)F)[C@H]3C)c3cc(Br)ccc32)c1. The van der Waals surface area contributed by atoms with Gasteiger partial charge in [-0.15, -0.1) is 5.10 Å². The Morgan fingerprint density at radius 1 is 1.14 bits per heavy atom. The summed E-state index contributed by atoms with van der Waals surface area (Å²) >= 11 is 3.59. The Balaban J connectivity index is 1.28. The number of nitrogens with zero attached hydrogens (tertiary/aromatic N) is 4. The zero-order valence-corrected chi connectivity index (χ0v) is 30.5. The number of carbonyl (C=O) groups excluding carboxylic acids is 2. The Morgan fingerprint density at radius 2 is 1.90 bits per heavy atom. The Bertz CT molecular complexity index is 1840. The van der Waals surface area contributed by atoms with E-state index >= 15 is 4.11 Å². The van der Waals surface area contributed by atoms with Crippen LogP contribution in [0.3, 0.4) is 0 Å². The molecule has 1 unspecified atom stereocenters. The van der Waals surface area contributed by atoms with E-state index in [0.717, 1.165) is 15.6 Å². The summed E-state index contributed by atoms with van der Waals surface area (Å²) < 4.78 is 25.7. The van der Waals surface area contributed by atoms with Crippen LogP contribution in [0, 0.1) is 5.92 Å². The zero-order valence-electron chi connectivity index (χ0n) is 27.9. The molecule has 0 aliphatic carbocycles. The van der Waals surface area contributed by atoms with Crippen molar-refractivity contribution in [3.8, 4) is 0 Å². The van der Waals surface area contributed by atoms with Crippen LogP contribution < -0.4 is 10.2 Å². The maximum atomic E-state index is 16.3. The minimum Gasteiger partial charge on any atom is -0.395 e. The van der Waals surface area contributed by atoms with Crippen molar-refractivity contribution in [2.45, 2.75) is 75.7 Å². The second kappa shape index (κ2) is 13.9. The number of aliphatic hydroxyl groups is 2. The Kier molecular flexibility index (Phi) is 9.93. The first kappa shape index (κ1) is 35.1. The van der Waals surface area contributed by atoms with Crippen molar-refractivity contribution in [1.82, 2.24) is 15.0 Å². The van der Waals surface area contributed by atoms with Gasteiger partial charge in [0, 0.05) is 39.9 Å². The lowest BCUT2D eigenvalue weighted by Gasteiger charge is -2.31. The molecule has 49 heavy (non-hydrogen) atoms. The molecule has 0 saturated carbocycles. The summed E-state index contributed by atoms with van der Waals surface area (Å²) in [4.78, 5) is 28.5. The molecule has 4 aromatic rings. The number of hydrogen-bond acceptors (Lipinski definition) is 7. The number of anilines is 2. The number of aryl methyl sites for hydroxylation is 1. The van der Waals surface area contributed by atoms with E-state index in [1.165, 1.54) is 6.92 Å². The monoisotopic (exact) mass is 749 g/mol. The molecule has 3 heterocycles. The van der Waals surface area contributed by atoms with Crippen LogP contribution in [0.2, 0.25) is 18.6 Å². The highest BCUT2D eigenvalue weighted by Crippen LogP contribution is 2.60. The molecule has 0 radical (unpaired) electrons. The van der Waals surface area contributed by atoms with Crippen LogP contribution >= 0.6 is 15.9 Å². The Morgan fingerprint density at radius 3 is 2.59 bits per heavy atom. The van der Waals surface area contributed by atoms with Gasteiger partial charge in [0.25, 0.3) is 11.8 Å². The summed E-state index contributed by atoms with van der Waals surface area (Å²) in [6, 6.07) is 22.4. The molecule has 2 aliphatic rings. The highest BCUT2D eigenvalue weighted by molar-refractivity contribution is 9.10. The quantitative estimate of drug-likeness (QED) is 0.129. The molecular formula is C36H41BrFN5O5Si. The molecule has 0 bridgehead atoms. The van der Waals surface area contributed by atoms with Gasteiger partial charge in [-0.3, -0.25) is 14.3 Å². The fourth-order valence-electron chi connectivity index (χ4n) is 7.52. The number of amides is 2. The number of halogens is 2. The average Bonchev–Trinajstić information content (AvgIpc) is 3.71. The van der Waals surface area contributed by atoms with Crippen LogP contribution in [0.5, 0.6) is 0 Å². The number of nitrogens with one attached hydrogen (secondary N) is 1. The molecule has 6 atom stereocenters. The molecule has 2 amide bonds. The molecule has 258 valence electrons. The van der Waals surface area contributed by atoms with Crippen molar-refractivity contribution < 1.29 is 28.6 Å². The van der Waals surface area contributed by atoms with E-state index in [2.05, 4.69) is 31.6 Å². The molecule has 10 nitrogen and oxygen atoms in total. The van der Waals surface area contributed by atoms with Gasteiger partial charge in [-0.2, -0.15) is 0 Å². The number of rotatable bonds is 11. The van der Waals surface area contributed by atoms with Gasteiger partial charge in [-0.05, 0) is 67.9 Å². The summed E-state index contributed by atoms with van der Waals surface area (Å²) in [5, 5.41) is 31.1. The zero-order chi connectivity index (χ0) is 35.1. The molecule has 3 aromatic carbocycles. The minimum atomic E-state index is -3.38. The van der Waals surface area contributed by atoms with Gasteiger partial charge < -0.3 is 29.3 Å². The number of benzene rings is 3. The summed E-state index contributed by atoms with van der Waals surface area (Å²) in [5.74, 6) is -1.57. The normalized spacial score (nSPS) is 23.1. The standard InChI is InChI=1S/C36H41BrFN5O5Si/c1-22-33(49(3,4)38)32(15-16-42-20-30(40-41-42)28(21-44)25-10-6-5-7-11-25)48-36(22)29-18-26(37)13-14-31(29)43(35(36)47)19-24-9-8-12-27(17-24)39-34(46)23(2)45/h5-14,17-18,20,22-23,28,32-33,44-45H,15-16,19,21H2,1-4H3,(H,39,46)/t22-,23+,28?,32+,33-,36+/m1/s1. The van der Waals surface area contributed by atoms with E-state index in [-0.39, 0.29) is 25.0 Å². The van der Waals surface area contributed by atoms with Gasteiger partial charge in [-0.25, -0.2) is 0 Å². The van der Waals surface area contributed by atoms with Crippen molar-refractivity contribution in [3.05, 3.63) is 106 Å². The third-order valence-electron chi connectivity index (χ3n) is 9.78. The first-order valence-corrected chi connectivity index (χ1v) is 20.2. The molecule has 1 fully saturated rings. The molecule has 1 spiro atoms. The summed E-state index contributed by atoms with van der Waals surface area (Å²) in [7, 11) is -3.38. The lowest BCUT2D eigenvalue weighted by Crippen LogP contribution is -2.45. The smallest absolute Gasteiger partial charge is 0.264 e. The highest BCUT2D eigenvalue weighted by Gasteiger charge is 2.66. The van der Waals surface area contributed by atoms with Crippen molar-refractivity contribution in [2.24, 2.45) is 5.92 Å². The summed E-state index contributed by atoms with van der Waals surface area (Å²) in [5.41, 5.74) is 2.33. The molecule has 2 aliphatic heterocycles. The molecule has 13 heteroatoms. The van der Waals surface area contributed by atoms with Gasteiger partial charge in [0.15, 0.2) is 5.60 Å². The van der Waals surface area contributed by atoms with Gasteiger partial charge in [0.2, 0.25) is 8.41 Å². The fraction of sp³-hybridized carbons (Fsp3) is 0.389. The molecule has 1 aromatic heterocycles. The highest BCUT2D eigenvalue weighted by atomic mass is 79.9. The first-order chi connectivity index (χ1) is 23.3. The number of hydrogen-bond donors (Lipinski definition) is 3. The predicted octanol–water partition coefficient (Wildman–Crippen LogP) is 5.90. The molecular weight excluding hydrogens is 709 g/mol. The third kappa shape index (κ3) is 6.74.